The van der Waals surface area contributed by atoms with Crippen molar-refractivity contribution in [2.75, 3.05) is 0 Å². The Bertz CT molecular complexity index is 652. The molecule has 0 saturated carbocycles. The topological polar surface area (TPSA) is 31.2 Å². The van der Waals surface area contributed by atoms with Gasteiger partial charge in [-0.3, -0.25) is 4.79 Å². The number of carbonyl (C=O) groups is 1. The zero-order valence-corrected chi connectivity index (χ0v) is 11.8. The van der Waals surface area contributed by atoms with Crippen LogP contribution in [0.25, 0.3) is 10.9 Å². The first-order valence-electron chi connectivity index (χ1n) is 6.69. The van der Waals surface area contributed by atoms with Gasteiger partial charge in [0.15, 0.2) is 5.75 Å². The average molecular weight is 269 g/mol. The number of carbonyl (C=O) groups excluding carboxylic acids is 1. The van der Waals surface area contributed by atoms with Crippen LogP contribution < -0.4 is 4.74 Å². The first-order chi connectivity index (χ1) is 9.69. The lowest BCUT2D eigenvalue weighted by Crippen LogP contribution is -2.06. The molecule has 1 heterocycles. The van der Waals surface area contributed by atoms with Crippen LogP contribution in [0.4, 0.5) is 0 Å². The lowest BCUT2D eigenvalue weighted by molar-refractivity contribution is -0.131. The Labute approximate surface area is 119 Å². The third kappa shape index (κ3) is 2.67. The smallest absolute Gasteiger partial charge is 0.308 e. The average Bonchev–Trinajstić information content (AvgIpc) is 2.71. The van der Waals surface area contributed by atoms with Gasteiger partial charge in [-0.1, -0.05) is 24.3 Å². The Balaban J connectivity index is 2.66. The van der Waals surface area contributed by atoms with Crippen molar-refractivity contribution < 1.29 is 9.53 Å². The van der Waals surface area contributed by atoms with E-state index in [4.69, 9.17) is 4.74 Å². The Kier molecular flexibility index (Phi) is 4.41. The van der Waals surface area contributed by atoms with E-state index < -0.39 is 0 Å². The van der Waals surface area contributed by atoms with Crippen LogP contribution in [0.2, 0.25) is 0 Å². The van der Waals surface area contributed by atoms with Crippen LogP contribution in [0.5, 0.6) is 5.75 Å². The van der Waals surface area contributed by atoms with Gasteiger partial charge in [-0.2, -0.15) is 0 Å². The number of rotatable bonds is 6. The Morgan fingerprint density at radius 1 is 1.30 bits per heavy atom. The molecule has 0 atom stereocenters. The molecule has 1 aromatic carbocycles. The van der Waals surface area contributed by atoms with Gasteiger partial charge in [-0.25, -0.2) is 0 Å². The van der Waals surface area contributed by atoms with Gasteiger partial charge in [0, 0.05) is 18.9 Å². The number of benzene rings is 1. The second-order valence-electron chi connectivity index (χ2n) is 4.61. The van der Waals surface area contributed by atoms with E-state index in [0.717, 1.165) is 29.4 Å². The maximum atomic E-state index is 11.4. The molecule has 2 rings (SSSR count). The van der Waals surface area contributed by atoms with Crippen molar-refractivity contribution in [3.05, 3.63) is 55.3 Å². The van der Waals surface area contributed by atoms with Crippen LogP contribution in [0.3, 0.4) is 0 Å². The van der Waals surface area contributed by atoms with E-state index in [2.05, 4.69) is 17.7 Å². The first-order valence-corrected chi connectivity index (χ1v) is 6.69. The van der Waals surface area contributed by atoms with Crippen molar-refractivity contribution in [1.82, 2.24) is 4.57 Å². The molecule has 0 N–H and O–H groups in total. The molecule has 0 amide bonds. The van der Waals surface area contributed by atoms with Gasteiger partial charge in [0.05, 0.1) is 11.2 Å². The summed E-state index contributed by atoms with van der Waals surface area (Å²) < 4.78 is 7.60. The van der Waals surface area contributed by atoms with E-state index in [-0.39, 0.29) is 5.97 Å². The SMILES string of the molecule is C=CCCc1c(OC(C)=O)c2ccccc2n1CC=C. The van der Waals surface area contributed by atoms with E-state index in [9.17, 15) is 4.79 Å². The van der Waals surface area contributed by atoms with Crippen molar-refractivity contribution in [1.29, 1.82) is 0 Å². The molecular formula is C17H19NO2. The summed E-state index contributed by atoms with van der Waals surface area (Å²) in [4.78, 5) is 11.4. The minimum atomic E-state index is -0.300. The number of hydrogen-bond donors (Lipinski definition) is 0. The second kappa shape index (κ2) is 6.24. The van der Waals surface area contributed by atoms with E-state index in [1.165, 1.54) is 6.92 Å². The number of esters is 1. The Morgan fingerprint density at radius 2 is 2.05 bits per heavy atom. The number of fused-ring (bicyclic) bond motifs is 1. The number of para-hydroxylation sites is 1. The molecule has 104 valence electrons. The summed E-state index contributed by atoms with van der Waals surface area (Å²) in [6.45, 7) is 9.68. The molecule has 20 heavy (non-hydrogen) atoms. The van der Waals surface area contributed by atoms with Gasteiger partial charge in [0.2, 0.25) is 0 Å². The number of nitrogens with zero attached hydrogens (tertiary/aromatic N) is 1. The number of allylic oxidation sites excluding steroid dienone is 2. The molecule has 1 aromatic heterocycles. The summed E-state index contributed by atoms with van der Waals surface area (Å²) in [5.74, 6) is 0.364. The summed E-state index contributed by atoms with van der Waals surface area (Å²) in [6, 6.07) is 7.94. The van der Waals surface area contributed by atoms with Gasteiger partial charge in [-0.05, 0) is 25.0 Å². The summed E-state index contributed by atoms with van der Waals surface area (Å²) in [6.07, 6.45) is 5.34. The summed E-state index contributed by atoms with van der Waals surface area (Å²) >= 11 is 0. The fourth-order valence-electron chi connectivity index (χ4n) is 2.41. The third-order valence-corrected chi connectivity index (χ3v) is 3.17. The molecule has 2 aromatic rings. The summed E-state index contributed by atoms with van der Waals surface area (Å²) in [5.41, 5.74) is 2.07. The van der Waals surface area contributed by atoms with Gasteiger partial charge in [0.1, 0.15) is 0 Å². The highest BCUT2D eigenvalue weighted by Crippen LogP contribution is 2.34. The molecule has 0 unspecified atom stereocenters. The second-order valence-corrected chi connectivity index (χ2v) is 4.61. The lowest BCUT2D eigenvalue weighted by Gasteiger charge is -2.09. The van der Waals surface area contributed by atoms with Crippen molar-refractivity contribution in [3.63, 3.8) is 0 Å². The van der Waals surface area contributed by atoms with Gasteiger partial charge in [0.25, 0.3) is 0 Å². The quantitative estimate of drug-likeness (QED) is 0.589. The molecular weight excluding hydrogens is 250 g/mol. The fraction of sp³-hybridized carbons (Fsp3) is 0.235. The highest BCUT2D eigenvalue weighted by atomic mass is 16.5. The van der Waals surface area contributed by atoms with Crippen molar-refractivity contribution in [2.24, 2.45) is 0 Å². The molecule has 0 bridgehead atoms. The Hall–Kier alpha value is -2.29. The molecule has 0 spiro atoms. The lowest BCUT2D eigenvalue weighted by atomic mass is 10.2. The molecule has 0 aliphatic carbocycles. The van der Waals surface area contributed by atoms with Crippen LogP contribution in [0.1, 0.15) is 19.0 Å². The maximum Gasteiger partial charge on any atom is 0.308 e. The zero-order valence-electron chi connectivity index (χ0n) is 11.8. The number of hydrogen-bond acceptors (Lipinski definition) is 2. The standard InChI is InChI=1S/C17H19NO2/c1-4-6-10-16-17(20-13(3)19)14-9-7-8-11-15(14)18(16)12-5-2/h4-5,7-9,11H,1-2,6,10,12H2,3H3. The van der Waals surface area contributed by atoms with E-state index >= 15 is 0 Å². The van der Waals surface area contributed by atoms with E-state index in [1.807, 2.05) is 36.4 Å². The molecule has 0 aliphatic heterocycles. The van der Waals surface area contributed by atoms with Crippen LogP contribution in [0.15, 0.2) is 49.6 Å². The summed E-state index contributed by atoms with van der Waals surface area (Å²) in [7, 11) is 0. The maximum absolute atomic E-state index is 11.4. The molecule has 0 aliphatic rings. The molecule has 0 saturated heterocycles. The van der Waals surface area contributed by atoms with Crippen LogP contribution in [0, 0.1) is 0 Å². The van der Waals surface area contributed by atoms with Gasteiger partial charge in [-0.15, -0.1) is 13.2 Å². The van der Waals surface area contributed by atoms with Crippen molar-refractivity contribution in [2.45, 2.75) is 26.3 Å². The molecule has 0 radical (unpaired) electrons. The monoisotopic (exact) mass is 269 g/mol. The number of ether oxygens (including phenoxy) is 1. The van der Waals surface area contributed by atoms with Crippen LogP contribution in [-0.2, 0) is 17.8 Å². The largest absolute Gasteiger partial charge is 0.424 e. The molecule has 3 heteroatoms. The minimum absolute atomic E-state index is 0.300. The molecule has 3 nitrogen and oxygen atoms in total. The van der Waals surface area contributed by atoms with E-state index in [0.29, 0.717) is 12.3 Å². The van der Waals surface area contributed by atoms with Crippen molar-refractivity contribution >= 4 is 16.9 Å². The highest BCUT2D eigenvalue weighted by molar-refractivity contribution is 5.91. The normalized spacial score (nSPS) is 10.4. The highest BCUT2D eigenvalue weighted by Gasteiger charge is 2.18. The molecule has 0 fully saturated rings. The summed E-state index contributed by atoms with van der Waals surface area (Å²) in [5, 5.41) is 0.962. The van der Waals surface area contributed by atoms with Crippen LogP contribution in [-0.4, -0.2) is 10.5 Å². The van der Waals surface area contributed by atoms with Crippen LogP contribution >= 0.6 is 0 Å². The predicted octanol–water partition coefficient (Wildman–Crippen LogP) is 3.87. The number of aromatic nitrogens is 1. The Morgan fingerprint density at radius 3 is 2.70 bits per heavy atom. The van der Waals surface area contributed by atoms with Gasteiger partial charge >= 0.3 is 5.97 Å². The fourth-order valence-corrected chi connectivity index (χ4v) is 2.41. The zero-order chi connectivity index (χ0) is 14.5. The first kappa shape index (κ1) is 14.1. The minimum Gasteiger partial charge on any atom is -0.424 e. The third-order valence-electron chi connectivity index (χ3n) is 3.17. The van der Waals surface area contributed by atoms with Crippen molar-refractivity contribution in [3.8, 4) is 5.75 Å². The predicted molar refractivity (Wildman–Crippen MR) is 82.0 cm³/mol. The van der Waals surface area contributed by atoms with Gasteiger partial charge < -0.3 is 9.30 Å². The van der Waals surface area contributed by atoms with E-state index in [1.54, 1.807) is 0 Å².